The Morgan fingerprint density at radius 2 is 1.95 bits per heavy atom. The minimum Gasteiger partial charge on any atom is -0.466 e. The molecule has 1 aromatic heterocycles. The van der Waals surface area contributed by atoms with Crippen LogP contribution in [0.5, 0.6) is 0 Å². The van der Waals surface area contributed by atoms with E-state index >= 15 is 0 Å². The van der Waals surface area contributed by atoms with E-state index in [1.165, 1.54) is 36.0 Å². The fourth-order valence-corrected chi connectivity index (χ4v) is 3.39. The largest absolute Gasteiger partial charge is 0.466 e. The van der Waals surface area contributed by atoms with Gasteiger partial charge in [0, 0.05) is 5.56 Å². The van der Waals surface area contributed by atoms with E-state index in [0.29, 0.717) is 0 Å². The molecular weight excluding hydrogens is 258 g/mol. The summed E-state index contributed by atoms with van der Waals surface area (Å²) in [5.41, 5.74) is 4.22. The Hall–Kier alpha value is -1.54. The lowest BCUT2D eigenvalue weighted by atomic mass is 9.76. The molecule has 1 fully saturated rings. The molecule has 2 nitrogen and oxygen atoms in total. The number of hydrogen-bond donors (Lipinski definition) is 1. The van der Waals surface area contributed by atoms with Crippen molar-refractivity contribution in [2.75, 3.05) is 6.54 Å². The van der Waals surface area contributed by atoms with Gasteiger partial charge in [-0.05, 0) is 56.3 Å². The summed E-state index contributed by atoms with van der Waals surface area (Å²) in [6.45, 7) is 7.21. The van der Waals surface area contributed by atoms with Crippen LogP contribution in [0, 0.1) is 13.8 Å². The second kappa shape index (κ2) is 6.07. The molecule has 2 heteroatoms. The lowest BCUT2D eigenvalue weighted by molar-refractivity contribution is 0.414. The maximum Gasteiger partial charge on any atom is 0.106 e. The molecule has 0 radical (unpaired) electrons. The smallest absolute Gasteiger partial charge is 0.106 e. The van der Waals surface area contributed by atoms with Crippen molar-refractivity contribution < 1.29 is 4.42 Å². The Morgan fingerprint density at radius 1 is 1.19 bits per heavy atom. The molecule has 0 spiro atoms. The van der Waals surface area contributed by atoms with E-state index < -0.39 is 0 Å². The maximum absolute atomic E-state index is 5.76. The molecule has 1 aromatic carbocycles. The minimum atomic E-state index is 0.240. The molecule has 1 unspecified atom stereocenters. The van der Waals surface area contributed by atoms with Crippen molar-refractivity contribution in [2.24, 2.45) is 0 Å². The molecule has 21 heavy (non-hydrogen) atoms. The van der Waals surface area contributed by atoms with Crippen molar-refractivity contribution in [3.63, 3.8) is 0 Å². The summed E-state index contributed by atoms with van der Waals surface area (Å²) in [6, 6.07) is 11.3. The number of furan rings is 1. The highest BCUT2D eigenvalue weighted by atomic mass is 16.3. The normalized spacial score (nSPS) is 16.7. The van der Waals surface area contributed by atoms with Crippen molar-refractivity contribution in [3.05, 3.63) is 58.5 Å². The molecule has 0 bridgehead atoms. The average molecular weight is 283 g/mol. The summed E-state index contributed by atoms with van der Waals surface area (Å²) in [6.07, 6.45) is 4.03. The molecule has 1 atom stereocenters. The third kappa shape index (κ3) is 2.77. The Kier molecular flexibility index (Phi) is 4.16. The molecule has 0 amide bonds. The second-order valence-corrected chi connectivity index (χ2v) is 6.12. The molecule has 1 N–H and O–H groups in total. The van der Waals surface area contributed by atoms with Crippen LogP contribution in [0.3, 0.4) is 0 Å². The lowest BCUT2D eigenvalue weighted by Gasteiger charge is -2.30. The number of rotatable bonds is 5. The molecule has 0 aliphatic heterocycles. The highest BCUT2D eigenvalue weighted by Gasteiger charge is 2.26. The van der Waals surface area contributed by atoms with Crippen LogP contribution < -0.4 is 5.32 Å². The molecule has 1 saturated carbocycles. The van der Waals surface area contributed by atoms with Gasteiger partial charge in [-0.25, -0.2) is 0 Å². The van der Waals surface area contributed by atoms with Gasteiger partial charge in [0.2, 0.25) is 0 Å². The van der Waals surface area contributed by atoms with Gasteiger partial charge in [0.05, 0.1) is 6.04 Å². The first-order valence-electron chi connectivity index (χ1n) is 8.09. The maximum atomic E-state index is 5.76. The van der Waals surface area contributed by atoms with E-state index in [2.05, 4.69) is 49.5 Å². The summed E-state index contributed by atoms with van der Waals surface area (Å²) < 4.78 is 5.76. The molecule has 1 aliphatic rings. The zero-order chi connectivity index (χ0) is 14.8. The van der Waals surface area contributed by atoms with Gasteiger partial charge in [-0.15, -0.1) is 0 Å². The highest BCUT2D eigenvalue weighted by molar-refractivity contribution is 5.41. The van der Waals surface area contributed by atoms with Gasteiger partial charge >= 0.3 is 0 Å². The first-order chi connectivity index (χ1) is 10.2. The first-order valence-corrected chi connectivity index (χ1v) is 8.09. The van der Waals surface area contributed by atoms with Crippen LogP contribution in [-0.4, -0.2) is 6.54 Å². The standard InChI is InChI=1S/C19H25NO/c1-4-20-19(18-12-13(2)21-14(18)3)17-11-6-5-10-16(17)15-8-7-9-15/h5-6,10-12,15,19-20H,4,7-9H2,1-3H3. The lowest BCUT2D eigenvalue weighted by Crippen LogP contribution is -2.25. The second-order valence-electron chi connectivity index (χ2n) is 6.12. The van der Waals surface area contributed by atoms with E-state index in [1.807, 2.05) is 6.92 Å². The van der Waals surface area contributed by atoms with Crippen LogP contribution in [0.25, 0.3) is 0 Å². The topological polar surface area (TPSA) is 25.2 Å². The molecular formula is C19H25NO. The predicted octanol–water partition coefficient (Wildman–Crippen LogP) is 4.86. The molecule has 3 rings (SSSR count). The number of nitrogens with one attached hydrogen (secondary N) is 1. The quantitative estimate of drug-likeness (QED) is 0.847. The van der Waals surface area contributed by atoms with E-state index in [-0.39, 0.29) is 6.04 Å². The minimum absolute atomic E-state index is 0.240. The summed E-state index contributed by atoms with van der Waals surface area (Å²) in [5.74, 6) is 2.77. The van der Waals surface area contributed by atoms with Crippen LogP contribution in [0.2, 0.25) is 0 Å². The Balaban J connectivity index is 2.03. The van der Waals surface area contributed by atoms with Gasteiger partial charge in [-0.1, -0.05) is 37.6 Å². The summed E-state index contributed by atoms with van der Waals surface area (Å²) >= 11 is 0. The third-order valence-electron chi connectivity index (χ3n) is 4.65. The van der Waals surface area contributed by atoms with Crippen LogP contribution >= 0.6 is 0 Å². The molecule has 1 heterocycles. The van der Waals surface area contributed by atoms with Gasteiger partial charge in [0.1, 0.15) is 11.5 Å². The summed E-state index contributed by atoms with van der Waals surface area (Å²) in [7, 11) is 0. The fourth-order valence-electron chi connectivity index (χ4n) is 3.39. The molecule has 112 valence electrons. The van der Waals surface area contributed by atoms with Crippen molar-refractivity contribution in [3.8, 4) is 0 Å². The monoisotopic (exact) mass is 283 g/mol. The Bertz CT molecular complexity index is 610. The van der Waals surface area contributed by atoms with Gasteiger partial charge in [-0.3, -0.25) is 0 Å². The van der Waals surface area contributed by atoms with Gasteiger partial charge in [0.25, 0.3) is 0 Å². The van der Waals surface area contributed by atoms with E-state index in [0.717, 1.165) is 24.0 Å². The SMILES string of the molecule is CCNC(c1ccccc1C1CCC1)c1cc(C)oc1C. The number of aryl methyl sites for hydroxylation is 2. The van der Waals surface area contributed by atoms with Crippen LogP contribution in [0.1, 0.15) is 66.4 Å². The zero-order valence-corrected chi connectivity index (χ0v) is 13.3. The van der Waals surface area contributed by atoms with Crippen molar-refractivity contribution in [1.29, 1.82) is 0 Å². The number of hydrogen-bond acceptors (Lipinski definition) is 2. The third-order valence-corrected chi connectivity index (χ3v) is 4.65. The fraction of sp³-hybridized carbons (Fsp3) is 0.474. The van der Waals surface area contributed by atoms with Gasteiger partial charge in [0.15, 0.2) is 0 Å². The molecule has 1 aliphatic carbocycles. The van der Waals surface area contributed by atoms with Crippen LogP contribution in [0.15, 0.2) is 34.7 Å². The van der Waals surface area contributed by atoms with Gasteiger partial charge < -0.3 is 9.73 Å². The Morgan fingerprint density at radius 3 is 2.52 bits per heavy atom. The van der Waals surface area contributed by atoms with Crippen LogP contribution in [-0.2, 0) is 0 Å². The predicted molar refractivity (Wildman–Crippen MR) is 86.7 cm³/mol. The Labute approximate surface area is 127 Å². The van der Waals surface area contributed by atoms with Crippen molar-refractivity contribution in [2.45, 2.75) is 52.0 Å². The summed E-state index contributed by atoms with van der Waals surface area (Å²) in [4.78, 5) is 0. The highest BCUT2D eigenvalue weighted by Crippen LogP contribution is 2.41. The van der Waals surface area contributed by atoms with E-state index in [9.17, 15) is 0 Å². The van der Waals surface area contributed by atoms with Crippen molar-refractivity contribution in [1.82, 2.24) is 5.32 Å². The molecule has 2 aromatic rings. The van der Waals surface area contributed by atoms with Crippen LogP contribution in [0.4, 0.5) is 0 Å². The average Bonchev–Trinajstić information content (AvgIpc) is 2.74. The summed E-state index contributed by atoms with van der Waals surface area (Å²) in [5, 5.41) is 3.65. The zero-order valence-electron chi connectivity index (χ0n) is 13.3. The van der Waals surface area contributed by atoms with E-state index in [1.54, 1.807) is 0 Å². The molecule has 0 saturated heterocycles. The van der Waals surface area contributed by atoms with E-state index in [4.69, 9.17) is 4.42 Å². The number of benzene rings is 1. The van der Waals surface area contributed by atoms with Gasteiger partial charge in [-0.2, -0.15) is 0 Å². The van der Waals surface area contributed by atoms with Crippen molar-refractivity contribution >= 4 is 0 Å². The first kappa shape index (κ1) is 14.4.